The predicted octanol–water partition coefficient (Wildman–Crippen LogP) is 0.531. The number of halogens is 1. The summed E-state index contributed by atoms with van der Waals surface area (Å²) in [5.41, 5.74) is 0.228. The van der Waals surface area contributed by atoms with E-state index < -0.39 is 29.5 Å². The Morgan fingerprint density at radius 2 is 1.94 bits per heavy atom. The summed E-state index contributed by atoms with van der Waals surface area (Å²) in [6, 6.07) is 5.58. The Bertz CT molecular complexity index is 1090. The van der Waals surface area contributed by atoms with Gasteiger partial charge in [-0.25, -0.2) is 9.18 Å². The molecule has 11 nitrogen and oxygen atoms in total. The van der Waals surface area contributed by atoms with Crippen LogP contribution in [0.1, 0.15) is 17.5 Å². The number of aromatic nitrogens is 1. The van der Waals surface area contributed by atoms with Gasteiger partial charge in [-0.1, -0.05) is 0 Å². The van der Waals surface area contributed by atoms with Crippen LogP contribution in [0, 0.1) is 5.82 Å². The Balaban J connectivity index is 1.38. The standard InChI is InChI=1S/C20H22FN5O6/c1-12(27)22-10-14-11-26(20(30)31-14)13-2-3-16(15(21)8-13)24-4-6-25(7-5-24)19(29)17-9-18(28)23-32-17/h2-3,8-9,14H,4-7,10-11H2,1H3,(H,22,27)(H,23,28)/t14-/m0/s1. The van der Waals surface area contributed by atoms with Crippen LogP contribution in [0.15, 0.2) is 33.6 Å². The smallest absolute Gasteiger partial charge is 0.414 e. The molecule has 32 heavy (non-hydrogen) atoms. The van der Waals surface area contributed by atoms with Crippen LogP contribution in [0.4, 0.5) is 20.6 Å². The van der Waals surface area contributed by atoms with Gasteiger partial charge in [-0.05, 0) is 18.2 Å². The number of aromatic amines is 1. The van der Waals surface area contributed by atoms with Crippen LogP contribution in [0.3, 0.4) is 0 Å². The second-order valence-corrected chi connectivity index (χ2v) is 7.55. The Morgan fingerprint density at radius 1 is 1.19 bits per heavy atom. The van der Waals surface area contributed by atoms with Gasteiger partial charge in [-0.2, -0.15) is 5.16 Å². The number of hydrogen-bond acceptors (Lipinski definition) is 7. The first-order chi connectivity index (χ1) is 15.3. The van der Waals surface area contributed by atoms with Crippen molar-refractivity contribution in [3.63, 3.8) is 0 Å². The number of hydrogen-bond donors (Lipinski definition) is 2. The van der Waals surface area contributed by atoms with Crippen LogP contribution in [-0.4, -0.2) is 73.3 Å². The summed E-state index contributed by atoms with van der Waals surface area (Å²) >= 11 is 0. The summed E-state index contributed by atoms with van der Waals surface area (Å²) in [7, 11) is 0. The quantitative estimate of drug-likeness (QED) is 0.684. The minimum atomic E-state index is -0.601. The number of anilines is 2. The first kappa shape index (κ1) is 21.4. The van der Waals surface area contributed by atoms with Crippen LogP contribution in [-0.2, 0) is 9.53 Å². The summed E-state index contributed by atoms with van der Waals surface area (Å²) < 4.78 is 24.9. The van der Waals surface area contributed by atoms with Crippen molar-refractivity contribution in [3.05, 3.63) is 46.2 Å². The zero-order chi connectivity index (χ0) is 22.8. The Labute approximate surface area is 181 Å². The molecule has 0 aliphatic carbocycles. The van der Waals surface area contributed by atoms with Crippen molar-refractivity contribution in [2.45, 2.75) is 13.0 Å². The number of rotatable bonds is 5. The maximum atomic E-state index is 14.9. The highest BCUT2D eigenvalue weighted by Gasteiger charge is 2.33. The number of piperazine rings is 1. The SMILES string of the molecule is CC(=O)NC[C@H]1CN(c2ccc(N3CCN(C(=O)c4cc(=O)[nH]o4)CC3)c(F)c2)C(=O)O1. The summed E-state index contributed by atoms with van der Waals surface area (Å²) in [5, 5.41) is 4.68. The van der Waals surface area contributed by atoms with Crippen molar-refractivity contribution in [3.8, 4) is 0 Å². The van der Waals surface area contributed by atoms with Gasteiger partial charge >= 0.3 is 6.09 Å². The normalized spacial score (nSPS) is 18.6. The molecule has 2 saturated heterocycles. The van der Waals surface area contributed by atoms with E-state index >= 15 is 0 Å². The van der Waals surface area contributed by atoms with E-state index in [4.69, 9.17) is 9.26 Å². The Morgan fingerprint density at radius 3 is 2.56 bits per heavy atom. The lowest BCUT2D eigenvalue weighted by Crippen LogP contribution is -2.49. The van der Waals surface area contributed by atoms with Gasteiger partial charge in [0.1, 0.15) is 11.9 Å². The van der Waals surface area contributed by atoms with Gasteiger partial charge in [0.05, 0.1) is 30.5 Å². The number of nitrogens with one attached hydrogen (secondary N) is 2. The molecule has 2 N–H and O–H groups in total. The van der Waals surface area contributed by atoms with Gasteiger partial charge in [0.25, 0.3) is 11.5 Å². The summed E-state index contributed by atoms with van der Waals surface area (Å²) in [6.07, 6.45) is -1.11. The summed E-state index contributed by atoms with van der Waals surface area (Å²) in [5.74, 6) is -1.19. The number of cyclic esters (lactones) is 1. The van der Waals surface area contributed by atoms with Crippen molar-refractivity contribution < 1.29 is 28.0 Å². The van der Waals surface area contributed by atoms with Gasteiger partial charge < -0.3 is 24.4 Å². The molecule has 0 unspecified atom stereocenters. The molecule has 4 rings (SSSR count). The molecule has 1 aromatic carbocycles. The number of nitrogens with zero attached hydrogens (tertiary/aromatic N) is 3. The number of amides is 3. The molecule has 12 heteroatoms. The van der Waals surface area contributed by atoms with E-state index in [-0.39, 0.29) is 24.8 Å². The van der Waals surface area contributed by atoms with Gasteiger partial charge in [-0.3, -0.25) is 19.3 Å². The van der Waals surface area contributed by atoms with E-state index in [0.717, 1.165) is 6.07 Å². The van der Waals surface area contributed by atoms with Gasteiger partial charge in [0.2, 0.25) is 11.7 Å². The van der Waals surface area contributed by atoms with Crippen LogP contribution in [0.5, 0.6) is 0 Å². The largest absolute Gasteiger partial charge is 0.442 e. The zero-order valence-corrected chi connectivity index (χ0v) is 17.3. The molecule has 2 fully saturated rings. The molecule has 3 heterocycles. The minimum absolute atomic E-state index is 0.0618. The number of ether oxygens (including phenoxy) is 1. The number of H-pyrrole nitrogens is 1. The summed E-state index contributed by atoms with van der Waals surface area (Å²) in [6.45, 7) is 3.20. The van der Waals surface area contributed by atoms with Crippen LogP contribution in [0.2, 0.25) is 0 Å². The van der Waals surface area contributed by atoms with Crippen LogP contribution in [0.25, 0.3) is 0 Å². The van der Waals surface area contributed by atoms with Gasteiger partial charge in [0.15, 0.2) is 0 Å². The third-order valence-corrected chi connectivity index (χ3v) is 5.34. The molecule has 2 aliphatic heterocycles. The van der Waals surface area contributed by atoms with Crippen molar-refractivity contribution in [1.29, 1.82) is 0 Å². The first-order valence-corrected chi connectivity index (χ1v) is 10.1. The van der Waals surface area contributed by atoms with Crippen molar-refractivity contribution in [2.24, 2.45) is 0 Å². The average Bonchev–Trinajstić information content (AvgIpc) is 3.37. The molecule has 0 spiro atoms. The van der Waals surface area contributed by atoms with E-state index in [1.165, 1.54) is 22.8 Å². The zero-order valence-electron chi connectivity index (χ0n) is 17.3. The highest BCUT2D eigenvalue weighted by Crippen LogP contribution is 2.28. The van der Waals surface area contributed by atoms with Gasteiger partial charge in [-0.15, -0.1) is 0 Å². The predicted molar refractivity (Wildman–Crippen MR) is 110 cm³/mol. The third kappa shape index (κ3) is 4.43. The molecular formula is C20H22FN5O6. The third-order valence-electron chi connectivity index (χ3n) is 5.34. The van der Waals surface area contributed by atoms with E-state index in [9.17, 15) is 23.6 Å². The first-order valence-electron chi connectivity index (χ1n) is 10.1. The molecule has 0 saturated carbocycles. The molecular weight excluding hydrogens is 425 g/mol. The number of carbonyl (C=O) groups is 3. The Kier molecular flexibility index (Phi) is 5.84. The number of carbonyl (C=O) groups excluding carboxylic acids is 3. The van der Waals surface area contributed by atoms with E-state index in [2.05, 4.69) is 10.5 Å². The van der Waals surface area contributed by atoms with E-state index in [1.54, 1.807) is 17.0 Å². The fraction of sp³-hybridized carbons (Fsp3) is 0.400. The van der Waals surface area contributed by atoms with Crippen molar-refractivity contribution in [2.75, 3.05) is 49.1 Å². The highest BCUT2D eigenvalue weighted by molar-refractivity contribution is 5.91. The molecule has 3 amide bonds. The highest BCUT2D eigenvalue weighted by atomic mass is 19.1. The van der Waals surface area contributed by atoms with E-state index in [1.807, 2.05) is 0 Å². The van der Waals surface area contributed by atoms with Gasteiger partial charge in [0, 0.05) is 33.1 Å². The van der Waals surface area contributed by atoms with Crippen LogP contribution >= 0.6 is 0 Å². The lowest BCUT2D eigenvalue weighted by atomic mass is 10.2. The second kappa shape index (κ2) is 8.73. The fourth-order valence-electron chi connectivity index (χ4n) is 3.71. The maximum absolute atomic E-state index is 14.9. The van der Waals surface area contributed by atoms with Crippen molar-refractivity contribution >= 4 is 29.3 Å². The van der Waals surface area contributed by atoms with Crippen molar-refractivity contribution in [1.82, 2.24) is 15.4 Å². The topological polar surface area (TPSA) is 128 Å². The Hall–Kier alpha value is -3.83. The lowest BCUT2D eigenvalue weighted by molar-refractivity contribution is -0.119. The monoisotopic (exact) mass is 447 g/mol. The molecule has 0 bridgehead atoms. The lowest BCUT2D eigenvalue weighted by Gasteiger charge is -2.35. The maximum Gasteiger partial charge on any atom is 0.414 e. The second-order valence-electron chi connectivity index (χ2n) is 7.55. The molecule has 2 aromatic rings. The molecule has 1 atom stereocenters. The molecule has 0 radical (unpaired) electrons. The molecule has 170 valence electrons. The average molecular weight is 447 g/mol. The number of benzene rings is 1. The van der Waals surface area contributed by atoms with E-state index in [0.29, 0.717) is 37.6 Å². The fourth-order valence-corrected chi connectivity index (χ4v) is 3.71. The summed E-state index contributed by atoms with van der Waals surface area (Å²) in [4.78, 5) is 51.3. The molecule has 1 aromatic heterocycles. The minimum Gasteiger partial charge on any atom is -0.442 e. The molecule has 2 aliphatic rings. The van der Waals surface area contributed by atoms with Crippen LogP contribution < -0.4 is 20.7 Å².